The van der Waals surface area contributed by atoms with Gasteiger partial charge in [0.1, 0.15) is 0 Å². The van der Waals surface area contributed by atoms with Crippen molar-refractivity contribution in [3.8, 4) is 0 Å². The number of nitrogens with one attached hydrogen (secondary N) is 1. The van der Waals surface area contributed by atoms with Crippen LogP contribution >= 0.6 is 0 Å². The van der Waals surface area contributed by atoms with E-state index >= 15 is 0 Å². The maximum atomic E-state index is 8.74. The summed E-state index contributed by atoms with van der Waals surface area (Å²) in [5.41, 5.74) is 0. The minimum atomic E-state index is 0.253. The van der Waals surface area contributed by atoms with Crippen molar-refractivity contribution in [3.63, 3.8) is 0 Å². The van der Waals surface area contributed by atoms with Crippen LogP contribution in [0.3, 0.4) is 0 Å². The molecule has 0 heterocycles. The van der Waals surface area contributed by atoms with Crippen LogP contribution in [0, 0.1) is 0 Å². The lowest BCUT2D eigenvalue weighted by Gasteiger charge is -2.12. The van der Waals surface area contributed by atoms with Crippen LogP contribution in [0.25, 0.3) is 0 Å². The largest absolute Gasteiger partial charge is 0.395 e. The topological polar surface area (TPSA) is 32.3 Å². The quantitative estimate of drug-likeness (QED) is 0.351. The first-order valence-corrected chi connectivity index (χ1v) is 9.65. The van der Waals surface area contributed by atoms with Crippen molar-refractivity contribution in [2.75, 3.05) is 13.2 Å². The van der Waals surface area contributed by atoms with E-state index in [1.807, 2.05) is 0 Å². The molecule has 0 aromatic rings. The summed E-state index contributed by atoms with van der Waals surface area (Å²) >= 11 is 0. The van der Waals surface area contributed by atoms with Crippen LogP contribution in [0.15, 0.2) is 0 Å². The summed E-state index contributed by atoms with van der Waals surface area (Å²) < 4.78 is 0. The van der Waals surface area contributed by atoms with Crippen LogP contribution in [-0.4, -0.2) is 24.3 Å². The predicted octanol–water partition coefficient (Wildman–Crippen LogP) is 5.44. The SMILES string of the molecule is CCCCCCCCCCCCCCCC(C)NCCO. The number of hydrogen-bond acceptors (Lipinski definition) is 2. The molecule has 128 valence electrons. The second-order valence-corrected chi connectivity index (χ2v) is 6.61. The first-order chi connectivity index (χ1) is 10.3. The van der Waals surface area contributed by atoms with Gasteiger partial charge in [0.05, 0.1) is 6.61 Å². The lowest BCUT2D eigenvalue weighted by atomic mass is 10.0. The number of rotatable bonds is 17. The van der Waals surface area contributed by atoms with Crippen molar-refractivity contribution in [3.05, 3.63) is 0 Å². The molecule has 21 heavy (non-hydrogen) atoms. The average molecular weight is 300 g/mol. The molecular weight excluding hydrogens is 258 g/mol. The fourth-order valence-corrected chi connectivity index (χ4v) is 2.88. The molecule has 0 rings (SSSR count). The van der Waals surface area contributed by atoms with Gasteiger partial charge in [-0.05, 0) is 13.3 Å². The van der Waals surface area contributed by atoms with Gasteiger partial charge in [-0.3, -0.25) is 0 Å². The van der Waals surface area contributed by atoms with Crippen molar-refractivity contribution in [1.29, 1.82) is 0 Å². The third kappa shape index (κ3) is 17.9. The van der Waals surface area contributed by atoms with Crippen molar-refractivity contribution >= 4 is 0 Å². The van der Waals surface area contributed by atoms with Crippen molar-refractivity contribution in [2.45, 2.75) is 110 Å². The van der Waals surface area contributed by atoms with Crippen LogP contribution < -0.4 is 5.32 Å². The van der Waals surface area contributed by atoms with Gasteiger partial charge in [0.25, 0.3) is 0 Å². The summed E-state index contributed by atoms with van der Waals surface area (Å²) in [6, 6.07) is 0.560. The minimum absolute atomic E-state index is 0.253. The zero-order chi connectivity index (χ0) is 15.6. The first-order valence-electron chi connectivity index (χ1n) is 9.65. The van der Waals surface area contributed by atoms with Crippen LogP contribution in [0.5, 0.6) is 0 Å². The second-order valence-electron chi connectivity index (χ2n) is 6.61. The minimum Gasteiger partial charge on any atom is -0.395 e. The molecule has 0 spiro atoms. The maximum absolute atomic E-state index is 8.74. The summed E-state index contributed by atoms with van der Waals surface area (Å²) in [5.74, 6) is 0. The lowest BCUT2D eigenvalue weighted by molar-refractivity contribution is 0.283. The van der Waals surface area contributed by atoms with E-state index in [-0.39, 0.29) is 6.61 Å². The Kier molecular flexibility index (Phi) is 17.9. The van der Waals surface area contributed by atoms with Crippen LogP contribution in [0.4, 0.5) is 0 Å². The standard InChI is InChI=1S/C19H41NO/c1-3-4-5-6-7-8-9-10-11-12-13-14-15-16-19(2)20-17-18-21/h19-21H,3-18H2,1-2H3. The van der Waals surface area contributed by atoms with E-state index in [1.54, 1.807) is 0 Å². The first kappa shape index (κ1) is 20.9. The molecule has 0 aromatic heterocycles. The van der Waals surface area contributed by atoms with Gasteiger partial charge in [-0.25, -0.2) is 0 Å². The normalized spacial score (nSPS) is 12.7. The fourth-order valence-electron chi connectivity index (χ4n) is 2.88. The molecule has 0 saturated carbocycles. The van der Waals surface area contributed by atoms with Gasteiger partial charge in [0.15, 0.2) is 0 Å². The highest BCUT2D eigenvalue weighted by Crippen LogP contribution is 2.13. The summed E-state index contributed by atoms with van der Waals surface area (Å²) in [7, 11) is 0. The van der Waals surface area contributed by atoms with Gasteiger partial charge in [-0.1, -0.05) is 90.4 Å². The number of hydrogen-bond donors (Lipinski definition) is 2. The Balaban J connectivity index is 3.02. The Morgan fingerprint density at radius 3 is 1.57 bits per heavy atom. The molecule has 2 heteroatoms. The van der Waals surface area contributed by atoms with E-state index in [4.69, 9.17) is 5.11 Å². The third-order valence-corrected chi connectivity index (χ3v) is 4.35. The van der Waals surface area contributed by atoms with Crippen molar-refractivity contribution in [1.82, 2.24) is 5.32 Å². The van der Waals surface area contributed by atoms with Gasteiger partial charge in [0.2, 0.25) is 0 Å². The summed E-state index contributed by atoms with van der Waals surface area (Å²) in [6.07, 6.45) is 19.7. The highest BCUT2D eigenvalue weighted by molar-refractivity contribution is 4.60. The Morgan fingerprint density at radius 1 is 0.714 bits per heavy atom. The summed E-state index contributed by atoms with van der Waals surface area (Å²) in [6.45, 7) is 5.49. The molecule has 0 aromatic carbocycles. The lowest BCUT2D eigenvalue weighted by Crippen LogP contribution is -2.28. The van der Waals surface area contributed by atoms with Gasteiger partial charge in [-0.2, -0.15) is 0 Å². The molecule has 0 saturated heterocycles. The molecule has 1 atom stereocenters. The van der Waals surface area contributed by atoms with Crippen molar-refractivity contribution in [2.24, 2.45) is 0 Å². The van der Waals surface area contributed by atoms with Crippen LogP contribution in [0.1, 0.15) is 104 Å². The van der Waals surface area contributed by atoms with Gasteiger partial charge in [-0.15, -0.1) is 0 Å². The van der Waals surface area contributed by atoms with E-state index in [2.05, 4.69) is 19.2 Å². The Labute approximate surface area is 134 Å². The zero-order valence-electron chi connectivity index (χ0n) is 14.8. The van der Waals surface area contributed by atoms with Gasteiger partial charge < -0.3 is 10.4 Å². The van der Waals surface area contributed by atoms with Gasteiger partial charge >= 0.3 is 0 Å². The van der Waals surface area contributed by atoms with E-state index in [9.17, 15) is 0 Å². The summed E-state index contributed by atoms with van der Waals surface area (Å²) in [5, 5.41) is 12.1. The summed E-state index contributed by atoms with van der Waals surface area (Å²) in [4.78, 5) is 0. The molecule has 1 unspecified atom stereocenters. The molecule has 0 bridgehead atoms. The number of aliphatic hydroxyl groups is 1. The van der Waals surface area contributed by atoms with E-state index in [1.165, 1.54) is 89.9 Å². The van der Waals surface area contributed by atoms with Gasteiger partial charge in [0, 0.05) is 12.6 Å². The van der Waals surface area contributed by atoms with E-state index in [0.29, 0.717) is 6.04 Å². The predicted molar refractivity (Wildman–Crippen MR) is 94.9 cm³/mol. The molecular formula is C19H41NO. The van der Waals surface area contributed by atoms with E-state index < -0.39 is 0 Å². The van der Waals surface area contributed by atoms with Crippen LogP contribution in [0.2, 0.25) is 0 Å². The monoisotopic (exact) mass is 299 g/mol. The molecule has 0 aliphatic carbocycles. The maximum Gasteiger partial charge on any atom is 0.0556 e. The molecule has 0 amide bonds. The van der Waals surface area contributed by atoms with E-state index in [0.717, 1.165) is 6.54 Å². The average Bonchev–Trinajstić information content (AvgIpc) is 2.49. The number of unbranched alkanes of at least 4 members (excludes halogenated alkanes) is 12. The molecule has 0 aliphatic heterocycles. The molecule has 0 fully saturated rings. The highest BCUT2D eigenvalue weighted by atomic mass is 16.3. The van der Waals surface area contributed by atoms with Crippen molar-refractivity contribution < 1.29 is 5.11 Å². The Morgan fingerprint density at radius 2 is 1.14 bits per heavy atom. The Bertz CT molecular complexity index is 184. The second kappa shape index (κ2) is 18.0. The molecule has 0 radical (unpaired) electrons. The smallest absolute Gasteiger partial charge is 0.0556 e. The molecule has 2 N–H and O–H groups in total. The third-order valence-electron chi connectivity index (χ3n) is 4.35. The fraction of sp³-hybridized carbons (Fsp3) is 1.00. The Hall–Kier alpha value is -0.0800. The molecule has 2 nitrogen and oxygen atoms in total. The number of aliphatic hydroxyl groups excluding tert-OH is 1. The molecule has 0 aliphatic rings. The highest BCUT2D eigenvalue weighted by Gasteiger charge is 2.00. The van der Waals surface area contributed by atoms with Crippen LogP contribution in [-0.2, 0) is 0 Å². The zero-order valence-corrected chi connectivity index (χ0v) is 14.8.